The molecule has 0 saturated carbocycles. The third-order valence-corrected chi connectivity index (χ3v) is 6.91. The molecule has 4 heterocycles. The summed E-state index contributed by atoms with van der Waals surface area (Å²) < 4.78 is 4.25. The van der Waals surface area contributed by atoms with Crippen LogP contribution in [0.1, 0.15) is 10.6 Å². The molecule has 0 unspecified atom stereocenters. The Bertz CT molecular complexity index is 1390. The second-order valence-electron chi connectivity index (χ2n) is 6.62. The van der Waals surface area contributed by atoms with Crippen molar-refractivity contribution in [3.05, 3.63) is 79.1 Å². The molecule has 5 rings (SSSR count). The van der Waals surface area contributed by atoms with E-state index in [4.69, 9.17) is 0 Å². The fourth-order valence-electron chi connectivity index (χ4n) is 3.51. The maximum atomic E-state index is 13.1. The Morgan fingerprint density at radius 3 is 2.79 bits per heavy atom. The van der Waals surface area contributed by atoms with Gasteiger partial charge in [0.2, 0.25) is 0 Å². The number of aromatic amines is 2. The molecule has 0 spiro atoms. The molecule has 0 aliphatic carbocycles. The average molecular weight is 410 g/mol. The van der Waals surface area contributed by atoms with Gasteiger partial charge in [0.15, 0.2) is 0 Å². The van der Waals surface area contributed by atoms with Crippen molar-refractivity contribution < 1.29 is 4.98 Å². The lowest BCUT2D eigenvalue weighted by Gasteiger charge is -2.08. The molecule has 0 bridgehead atoms. The number of H-pyrrole nitrogens is 2. The summed E-state index contributed by atoms with van der Waals surface area (Å²) in [5.41, 5.74) is 1.97. The van der Waals surface area contributed by atoms with E-state index in [1.165, 1.54) is 27.0 Å². The number of thiophene rings is 1. The first kappa shape index (κ1) is 17.2. The SMILES string of the molecule is Cc1c2c(=O)n(-c3[nH+]c4ccccc4s3)[nH]c2cc(=O)n1CCc1cccs1. The zero-order valence-corrected chi connectivity index (χ0v) is 16.7. The topological polar surface area (TPSA) is 73.9 Å². The molecule has 6 nitrogen and oxygen atoms in total. The number of pyridine rings is 1. The fraction of sp³-hybridized carbons (Fsp3) is 0.150. The van der Waals surface area contributed by atoms with E-state index in [9.17, 15) is 9.59 Å². The van der Waals surface area contributed by atoms with E-state index < -0.39 is 0 Å². The van der Waals surface area contributed by atoms with Gasteiger partial charge >= 0.3 is 10.7 Å². The molecule has 8 heteroatoms. The van der Waals surface area contributed by atoms with Gasteiger partial charge in [-0.25, -0.2) is 14.9 Å². The minimum atomic E-state index is -0.153. The molecule has 0 atom stereocenters. The number of nitrogens with one attached hydrogen (secondary N) is 2. The molecule has 0 radical (unpaired) electrons. The van der Waals surface area contributed by atoms with Gasteiger partial charge in [-0.1, -0.05) is 22.9 Å². The van der Waals surface area contributed by atoms with Crippen molar-refractivity contribution in [3.63, 3.8) is 0 Å². The second-order valence-corrected chi connectivity index (χ2v) is 8.68. The van der Waals surface area contributed by atoms with Crippen LogP contribution in [0.5, 0.6) is 0 Å². The number of hydrogen-bond donors (Lipinski definition) is 1. The summed E-state index contributed by atoms with van der Waals surface area (Å²) in [6.45, 7) is 2.40. The van der Waals surface area contributed by atoms with Crippen molar-refractivity contribution in [1.82, 2.24) is 14.3 Å². The van der Waals surface area contributed by atoms with Crippen LogP contribution in [-0.2, 0) is 13.0 Å². The van der Waals surface area contributed by atoms with Crippen LogP contribution in [0.25, 0.3) is 26.3 Å². The normalized spacial score (nSPS) is 11.6. The van der Waals surface area contributed by atoms with E-state index in [1.807, 2.05) is 42.6 Å². The highest BCUT2D eigenvalue weighted by Gasteiger charge is 2.22. The number of nitrogens with zero attached hydrogens (tertiary/aromatic N) is 2. The smallest absolute Gasteiger partial charge is 0.312 e. The number of aromatic nitrogens is 4. The lowest BCUT2D eigenvalue weighted by Crippen LogP contribution is -2.24. The van der Waals surface area contributed by atoms with Gasteiger partial charge in [0, 0.05) is 23.2 Å². The van der Waals surface area contributed by atoms with E-state index in [0.29, 0.717) is 28.3 Å². The van der Waals surface area contributed by atoms with E-state index >= 15 is 0 Å². The molecule has 0 amide bonds. The number of aryl methyl sites for hydroxylation is 2. The number of thiazole rings is 1. The van der Waals surface area contributed by atoms with E-state index in [2.05, 4.69) is 16.1 Å². The van der Waals surface area contributed by atoms with Crippen LogP contribution in [0.3, 0.4) is 0 Å². The van der Waals surface area contributed by atoms with Crippen LogP contribution in [0.2, 0.25) is 0 Å². The minimum Gasteiger partial charge on any atom is -0.312 e. The molecular formula is C20H17N4O2S2+. The van der Waals surface area contributed by atoms with Crippen molar-refractivity contribution >= 4 is 43.8 Å². The highest BCUT2D eigenvalue weighted by atomic mass is 32.1. The van der Waals surface area contributed by atoms with Gasteiger partial charge < -0.3 is 4.57 Å². The van der Waals surface area contributed by atoms with E-state index in [0.717, 1.165) is 16.6 Å². The average Bonchev–Trinajstić information content (AvgIpc) is 3.40. The summed E-state index contributed by atoms with van der Waals surface area (Å²) in [5.74, 6) is 0. The van der Waals surface area contributed by atoms with Crippen molar-refractivity contribution in [2.75, 3.05) is 0 Å². The van der Waals surface area contributed by atoms with Crippen LogP contribution in [0, 0.1) is 6.92 Å². The molecule has 0 aliphatic rings. The predicted octanol–water partition coefficient (Wildman–Crippen LogP) is 3.12. The van der Waals surface area contributed by atoms with Gasteiger partial charge in [-0.15, -0.1) is 11.3 Å². The monoisotopic (exact) mass is 409 g/mol. The van der Waals surface area contributed by atoms with Gasteiger partial charge in [-0.2, -0.15) is 0 Å². The van der Waals surface area contributed by atoms with Crippen LogP contribution in [0.15, 0.2) is 57.4 Å². The Morgan fingerprint density at radius 1 is 1.14 bits per heavy atom. The standard InChI is InChI=1S/C20H16N4O2S2/c1-12-18-15(11-17(25)23(12)9-8-13-5-4-10-27-13)22-24(19(18)26)20-21-14-6-2-3-7-16(14)28-20/h2-7,10-11,22H,8-9H2,1H3/p+1. The van der Waals surface area contributed by atoms with Crippen molar-refractivity contribution in [3.8, 4) is 5.13 Å². The summed E-state index contributed by atoms with van der Waals surface area (Å²) in [7, 11) is 0. The highest BCUT2D eigenvalue weighted by Crippen LogP contribution is 2.21. The fourth-order valence-corrected chi connectivity index (χ4v) is 5.18. The Kier molecular flexibility index (Phi) is 4.03. The summed E-state index contributed by atoms with van der Waals surface area (Å²) in [6, 6.07) is 13.5. The summed E-state index contributed by atoms with van der Waals surface area (Å²) in [5, 5.41) is 6.37. The quantitative estimate of drug-likeness (QED) is 0.495. The number of rotatable bonds is 4. The number of benzene rings is 1. The minimum absolute atomic E-state index is 0.102. The Balaban J connectivity index is 1.63. The number of para-hydroxylation sites is 1. The molecule has 5 aromatic rings. The number of fused-ring (bicyclic) bond motifs is 2. The van der Waals surface area contributed by atoms with Crippen molar-refractivity contribution in [1.29, 1.82) is 0 Å². The molecule has 1 aromatic carbocycles. The lowest BCUT2D eigenvalue weighted by molar-refractivity contribution is -0.334. The zero-order chi connectivity index (χ0) is 19.3. The van der Waals surface area contributed by atoms with E-state index in [-0.39, 0.29) is 11.1 Å². The third kappa shape index (κ3) is 2.73. The molecule has 28 heavy (non-hydrogen) atoms. The Hall–Kier alpha value is -2.97. The summed E-state index contributed by atoms with van der Waals surface area (Å²) in [6.07, 6.45) is 0.770. The van der Waals surface area contributed by atoms with Crippen molar-refractivity contribution in [2.24, 2.45) is 0 Å². The first-order valence-corrected chi connectivity index (χ1v) is 10.6. The molecule has 0 saturated heterocycles. The Morgan fingerprint density at radius 2 is 2.00 bits per heavy atom. The van der Waals surface area contributed by atoms with Crippen molar-refractivity contribution in [2.45, 2.75) is 19.9 Å². The first-order valence-electron chi connectivity index (χ1n) is 8.90. The van der Waals surface area contributed by atoms with Crippen LogP contribution >= 0.6 is 22.7 Å². The molecule has 140 valence electrons. The molecule has 2 N–H and O–H groups in total. The van der Waals surface area contributed by atoms with Gasteiger partial charge in [0.05, 0.1) is 10.2 Å². The van der Waals surface area contributed by atoms with Gasteiger partial charge in [0.25, 0.3) is 5.56 Å². The highest BCUT2D eigenvalue weighted by molar-refractivity contribution is 7.20. The summed E-state index contributed by atoms with van der Waals surface area (Å²) >= 11 is 3.17. The largest absolute Gasteiger partial charge is 0.369 e. The second kappa shape index (κ2) is 6.57. The number of hydrogen-bond acceptors (Lipinski definition) is 4. The molecule has 0 aliphatic heterocycles. The third-order valence-electron chi connectivity index (χ3n) is 4.92. The summed E-state index contributed by atoms with van der Waals surface area (Å²) in [4.78, 5) is 30.3. The maximum absolute atomic E-state index is 13.1. The molecule has 4 aromatic heterocycles. The van der Waals surface area contributed by atoms with Gasteiger partial charge in [-0.05, 0) is 48.3 Å². The molecule has 0 fully saturated rings. The predicted molar refractivity (Wildman–Crippen MR) is 113 cm³/mol. The first-order chi connectivity index (χ1) is 13.6. The van der Waals surface area contributed by atoms with Gasteiger partial charge in [0.1, 0.15) is 10.9 Å². The zero-order valence-electron chi connectivity index (χ0n) is 15.1. The molecular weight excluding hydrogens is 392 g/mol. The van der Waals surface area contributed by atoms with E-state index in [1.54, 1.807) is 15.9 Å². The lowest BCUT2D eigenvalue weighted by atomic mass is 10.2. The Labute approximate surface area is 167 Å². The maximum Gasteiger partial charge on any atom is 0.369 e. The van der Waals surface area contributed by atoms with Crippen LogP contribution < -0.4 is 16.1 Å². The van der Waals surface area contributed by atoms with Gasteiger partial charge in [-0.3, -0.25) is 4.79 Å². The van der Waals surface area contributed by atoms with Crippen LogP contribution in [0.4, 0.5) is 0 Å². The van der Waals surface area contributed by atoms with Crippen LogP contribution in [-0.4, -0.2) is 14.3 Å².